The van der Waals surface area contributed by atoms with Crippen molar-refractivity contribution in [3.05, 3.63) is 34.9 Å². The van der Waals surface area contributed by atoms with Crippen LogP contribution in [0.15, 0.2) is 24.3 Å². The Balaban J connectivity index is 1.70. The topological polar surface area (TPSA) is 41.1 Å². The molecule has 0 spiro atoms. The molecule has 21 heavy (non-hydrogen) atoms. The highest BCUT2D eigenvalue weighted by Crippen LogP contribution is 2.38. The lowest BCUT2D eigenvalue weighted by atomic mass is 9.77. The van der Waals surface area contributed by atoms with Gasteiger partial charge in [-0.2, -0.15) is 0 Å². The first kappa shape index (κ1) is 14.9. The molecule has 0 bridgehead atoms. The summed E-state index contributed by atoms with van der Waals surface area (Å²) < 4.78 is 0. The number of hydrogen-bond acceptors (Lipinski definition) is 2. The van der Waals surface area contributed by atoms with E-state index >= 15 is 0 Å². The highest BCUT2D eigenvalue weighted by molar-refractivity contribution is 6.30. The van der Waals surface area contributed by atoms with E-state index in [1.54, 1.807) is 0 Å². The van der Waals surface area contributed by atoms with Gasteiger partial charge >= 0.3 is 0 Å². The zero-order chi connectivity index (χ0) is 14.7. The predicted molar refractivity (Wildman–Crippen MR) is 85.3 cm³/mol. The molecular formula is C17H23ClN2O. The van der Waals surface area contributed by atoms with Crippen molar-refractivity contribution >= 4 is 17.5 Å². The maximum atomic E-state index is 12.5. The van der Waals surface area contributed by atoms with Gasteiger partial charge in [0.2, 0.25) is 5.91 Å². The van der Waals surface area contributed by atoms with E-state index in [0.717, 1.165) is 31.0 Å². The van der Waals surface area contributed by atoms with Gasteiger partial charge in [0.25, 0.3) is 0 Å². The Morgan fingerprint density at radius 3 is 2.38 bits per heavy atom. The van der Waals surface area contributed by atoms with Crippen molar-refractivity contribution in [2.75, 3.05) is 13.1 Å². The van der Waals surface area contributed by atoms with Crippen molar-refractivity contribution < 1.29 is 4.79 Å². The van der Waals surface area contributed by atoms with Crippen LogP contribution >= 0.6 is 11.6 Å². The summed E-state index contributed by atoms with van der Waals surface area (Å²) in [6.07, 6.45) is 5.59. The fraction of sp³-hybridized carbons (Fsp3) is 0.588. The summed E-state index contributed by atoms with van der Waals surface area (Å²) in [5.41, 5.74) is 1.19. The van der Waals surface area contributed by atoms with Crippen molar-refractivity contribution in [2.45, 2.75) is 38.1 Å². The summed E-state index contributed by atoms with van der Waals surface area (Å²) in [5.74, 6) is 0.973. The van der Waals surface area contributed by atoms with Gasteiger partial charge in [-0.15, -0.1) is 0 Å². The molecule has 3 nitrogen and oxygen atoms in total. The molecular weight excluding hydrogens is 284 g/mol. The summed E-state index contributed by atoms with van der Waals surface area (Å²) >= 11 is 5.98. The van der Waals surface area contributed by atoms with Crippen LogP contribution in [-0.2, 0) is 4.79 Å². The van der Waals surface area contributed by atoms with Crippen molar-refractivity contribution in [3.63, 3.8) is 0 Å². The third-order valence-corrected chi connectivity index (χ3v) is 5.11. The number of nitrogens with one attached hydrogen (secondary N) is 2. The molecule has 1 saturated heterocycles. The molecule has 0 radical (unpaired) electrons. The molecule has 1 atom stereocenters. The van der Waals surface area contributed by atoms with Gasteiger partial charge in [-0.1, -0.05) is 30.2 Å². The molecule has 4 heteroatoms. The van der Waals surface area contributed by atoms with E-state index in [0.29, 0.717) is 5.92 Å². The van der Waals surface area contributed by atoms with Crippen molar-refractivity contribution in [3.8, 4) is 0 Å². The van der Waals surface area contributed by atoms with Crippen LogP contribution in [0, 0.1) is 11.8 Å². The van der Waals surface area contributed by atoms with Gasteiger partial charge in [0.05, 0.1) is 6.04 Å². The van der Waals surface area contributed by atoms with Crippen LogP contribution in [0.1, 0.15) is 43.7 Å². The number of piperidine rings is 1. The Morgan fingerprint density at radius 1 is 1.14 bits per heavy atom. The zero-order valence-corrected chi connectivity index (χ0v) is 13.0. The minimum absolute atomic E-state index is 0.151. The van der Waals surface area contributed by atoms with Crippen LogP contribution in [0.4, 0.5) is 0 Å². The molecule has 2 aliphatic rings. The number of benzene rings is 1. The fourth-order valence-corrected chi connectivity index (χ4v) is 3.40. The van der Waals surface area contributed by atoms with Gasteiger partial charge in [-0.05, 0) is 62.4 Å². The molecule has 1 aromatic rings. The van der Waals surface area contributed by atoms with Crippen LogP contribution in [0.25, 0.3) is 0 Å². The van der Waals surface area contributed by atoms with E-state index < -0.39 is 0 Å². The van der Waals surface area contributed by atoms with Crippen LogP contribution in [0.5, 0.6) is 0 Å². The van der Waals surface area contributed by atoms with Gasteiger partial charge in [0.15, 0.2) is 0 Å². The molecule has 1 aromatic carbocycles. The predicted octanol–water partition coefficient (Wildman–Crippen LogP) is 3.30. The van der Waals surface area contributed by atoms with E-state index in [1.165, 1.54) is 24.8 Å². The molecule has 1 unspecified atom stereocenters. The number of hydrogen-bond donors (Lipinski definition) is 2. The lowest BCUT2D eigenvalue weighted by molar-refractivity contribution is -0.127. The molecule has 1 heterocycles. The van der Waals surface area contributed by atoms with Crippen LogP contribution in [0.3, 0.4) is 0 Å². The minimum atomic E-state index is 0.151. The molecule has 1 amide bonds. The van der Waals surface area contributed by atoms with Gasteiger partial charge in [0.1, 0.15) is 0 Å². The molecule has 114 valence electrons. The molecule has 2 fully saturated rings. The average molecular weight is 307 g/mol. The Morgan fingerprint density at radius 2 is 1.81 bits per heavy atom. The second kappa shape index (κ2) is 6.80. The number of halogens is 1. The lowest BCUT2D eigenvalue weighted by Crippen LogP contribution is -2.42. The first-order valence-corrected chi connectivity index (χ1v) is 8.38. The second-order valence-corrected chi connectivity index (χ2v) is 6.69. The number of rotatable bonds is 4. The first-order valence-electron chi connectivity index (χ1n) is 8.00. The smallest absolute Gasteiger partial charge is 0.223 e. The SMILES string of the molecule is O=C(NC(c1ccc(Cl)cc1)C1CCC1)C1CCNCC1. The Kier molecular flexibility index (Phi) is 4.81. The first-order chi connectivity index (χ1) is 10.2. The Labute approximate surface area is 131 Å². The van der Waals surface area contributed by atoms with E-state index in [1.807, 2.05) is 24.3 Å². The lowest BCUT2D eigenvalue weighted by Gasteiger charge is -2.36. The van der Waals surface area contributed by atoms with Gasteiger partial charge in [-0.3, -0.25) is 4.79 Å². The van der Waals surface area contributed by atoms with Crippen molar-refractivity contribution in [1.82, 2.24) is 10.6 Å². The van der Waals surface area contributed by atoms with Gasteiger partial charge < -0.3 is 10.6 Å². The zero-order valence-electron chi connectivity index (χ0n) is 12.3. The maximum Gasteiger partial charge on any atom is 0.223 e. The number of carbonyl (C=O) groups is 1. The third-order valence-electron chi connectivity index (χ3n) is 4.86. The van der Waals surface area contributed by atoms with Gasteiger partial charge in [-0.25, -0.2) is 0 Å². The molecule has 3 rings (SSSR count). The van der Waals surface area contributed by atoms with Crippen molar-refractivity contribution in [2.24, 2.45) is 11.8 Å². The maximum absolute atomic E-state index is 12.5. The highest BCUT2D eigenvalue weighted by Gasteiger charge is 2.31. The van der Waals surface area contributed by atoms with Crippen LogP contribution in [0.2, 0.25) is 5.02 Å². The minimum Gasteiger partial charge on any atom is -0.349 e. The molecule has 1 saturated carbocycles. The standard InChI is InChI=1S/C17H23ClN2O/c18-15-6-4-13(5-7-15)16(12-2-1-3-12)20-17(21)14-8-10-19-11-9-14/h4-7,12,14,16,19H,1-3,8-11H2,(H,20,21). The summed E-state index contributed by atoms with van der Waals surface area (Å²) in [5, 5.41) is 7.37. The van der Waals surface area contributed by atoms with Crippen molar-refractivity contribution in [1.29, 1.82) is 0 Å². The van der Waals surface area contributed by atoms with Crippen LogP contribution < -0.4 is 10.6 Å². The second-order valence-electron chi connectivity index (χ2n) is 6.25. The third kappa shape index (κ3) is 3.58. The Bertz CT molecular complexity index is 478. The molecule has 1 aliphatic carbocycles. The summed E-state index contributed by atoms with van der Waals surface area (Å²) in [6, 6.07) is 8.08. The van der Waals surface area contributed by atoms with E-state index in [4.69, 9.17) is 11.6 Å². The normalized spacial score (nSPS) is 21.6. The summed E-state index contributed by atoms with van der Waals surface area (Å²) in [6.45, 7) is 1.90. The highest BCUT2D eigenvalue weighted by atomic mass is 35.5. The summed E-state index contributed by atoms with van der Waals surface area (Å²) in [7, 11) is 0. The molecule has 2 N–H and O–H groups in total. The van der Waals surface area contributed by atoms with E-state index in [9.17, 15) is 4.79 Å². The largest absolute Gasteiger partial charge is 0.349 e. The number of amides is 1. The quantitative estimate of drug-likeness (QED) is 0.896. The van der Waals surface area contributed by atoms with E-state index in [2.05, 4.69) is 10.6 Å². The van der Waals surface area contributed by atoms with E-state index in [-0.39, 0.29) is 17.9 Å². The van der Waals surface area contributed by atoms with Gasteiger partial charge in [0, 0.05) is 10.9 Å². The monoisotopic (exact) mass is 306 g/mol. The fourth-order valence-electron chi connectivity index (χ4n) is 3.27. The summed E-state index contributed by atoms with van der Waals surface area (Å²) in [4.78, 5) is 12.5. The molecule has 0 aromatic heterocycles. The Hall–Kier alpha value is -1.06. The number of carbonyl (C=O) groups excluding carboxylic acids is 1. The molecule has 1 aliphatic heterocycles. The van der Waals surface area contributed by atoms with Crippen LogP contribution in [-0.4, -0.2) is 19.0 Å². The average Bonchev–Trinajstić information content (AvgIpc) is 2.46.